The van der Waals surface area contributed by atoms with Crippen LogP contribution in [-0.4, -0.2) is 88.4 Å². The smallest absolute Gasteiger partial charge is 0.335 e. The van der Waals surface area contributed by atoms with Crippen LogP contribution in [0.4, 0.5) is 0 Å². The van der Waals surface area contributed by atoms with Gasteiger partial charge < -0.3 is 39.4 Å². The maximum absolute atomic E-state index is 12.7. The lowest BCUT2D eigenvalue weighted by molar-refractivity contribution is -0.298. The minimum Gasteiger partial charge on any atom is -0.479 e. The molecule has 11 nitrogen and oxygen atoms in total. The molecule has 0 aromatic carbocycles. The van der Waals surface area contributed by atoms with Crippen molar-refractivity contribution in [2.75, 3.05) is 13.2 Å². The van der Waals surface area contributed by atoms with E-state index in [2.05, 4.69) is 50.3 Å². The van der Waals surface area contributed by atoms with Crippen molar-refractivity contribution in [3.8, 4) is 0 Å². The predicted molar refractivity (Wildman–Crippen MR) is 201 cm³/mol. The first-order valence-electron chi connectivity index (χ1n) is 20.0. The molecule has 1 fully saturated rings. The Bertz CT molecular complexity index is 1010. The Kier molecular flexibility index (Phi) is 29.1. The standard InChI is InChI=1S/C41H70O11/c1-3-5-7-9-11-13-15-17-18-20-21-23-25-27-29-34(42)49-31-33(32-50-41-38(46)36(44)37(45)39(52-41)40(47)48)51-35(43)30-28-26-24-22-19-16-14-12-10-8-6-4-2/h9,11-12,14-15,17,33,36-39,41,44-46H,3-8,10,13,16,18-32H2,1-2H3,(H,47,48)/b11-9-,14-12-,17-15-. The maximum atomic E-state index is 12.7. The van der Waals surface area contributed by atoms with Crippen LogP contribution in [0.3, 0.4) is 0 Å². The Morgan fingerprint density at radius 1 is 0.596 bits per heavy atom. The van der Waals surface area contributed by atoms with Gasteiger partial charge in [-0.3, -0.25) is 9.59 Å². The zero-order valence-electron chi connectivity index (χ0n) is 32.0. The van der Waals surface area contributed by atoms with Crippen molar-refractivity contribution in [3.05, 3.63) is 36.5 Å². The highest BCUT2D eigenvalue weighted by molar-refractivity contribution is 5.73. The highest BCUT2D eigenvalue weighted by Crippen LogP contribution is 2.23. The molecule has 0 aromatic rings. The third-order valence-electron chi connectivity index (χ3n) is 8.96. The lowest BCUT2D eigenvalue weighted by Crippen LogP contribution is -2.60. The summed E-state index contributed by atoms with van der Waals surface area (Å²) in [6.45, 7) is 3.70. The number of hydrogen-bond donors (Lipinski definition) is 4. The fourth-order valence-corrected chi connectivity index (χ4v) is 5.71. The summed E-state index contributed by atoms with van der Waals surface area (Å²) in [5, 5.41) is 39.7. The summed E-state index contributed by atoms with van der Waals surface area (Å²) in [5.41, 5.74) is 0. The van der Waals surface area contributed by atoms with Gasteiger partial charge in [0.05, 0.1) is 6.61 Å². The highest BCUT2D eigenvalue weighted by atomic mass is 16.7. The van der Waals surface area contributed by atoms with Gasteiger partial charge in [-0.05, 0) is 64.2 Å². The lowest BCUT2D eigenvalue weighted by atomic mass is 9.99. The van der Waals surface area contributed by atoms with Crippen LogP contribution in [0.1, 0.15) is 155 Å². The van der Waals surface area contributed by atoms with Gasteiger partial charge in [0.15, 0.2) is 18.5 Å². The largest absolute Gasteiger partial charge is 0.479 e. The van der Waals surface area contributed by atoms with E-state index in [-0.39, 0.29) is 19.4 Å². The van der Waals surface area contributed by atoms with E-state index in [1.165, 1.54) is 32.1 Å². The minimum absolute atomic E-state index is 0.169. The Labute approximate surface area is 312 Å². The average Bonchev–Trinajstić information content (AvgIpc) is 3.12. The number of aliphatic hydroxyl groups is 3. The molecule has 300 valence electrons. The molecule has 6 atom stereocenters. The van der Waals surface area contributed by atoms with Crippen molar-refractivity contribution >= 4 is 17.9 Å². The third kappa shape index (κ3) is 23.9. The molecular weight excluding hydrogens is 668 g/mol. The van der Waals surface area contributed by atoms with Gasteiger partial charge in [-0.15, -0.1) is 0 Å². The molecule has 1 heterocycles. The molecule has 4 N–H and O–H groups in total. The predicted octanol–water partition coefficient (Wildman–Crippen LogP) is 7.64. The lowest BCUT2D eigenvalue weighted by Gasteiger charge is -2.38. The summed E-state index contributed by atoms with van der Waals surface area (Å²) in [5.74, 6) is -2.48. The van der Waals surface area contributed by atoms with Gasteiger partial charge in [-0.1, -0.05) is 115 Å². The van der Waals surface area contributed by atoms with Crippen LogP contribution in [0.5, 0.6) is 0 Å². The molecule has 0 radical (unpaired) electrons. The summed E-state index contributed by atoms with van der Waals surface area (Å²) in [7, 11) is 0. The van der Waals surface area contributed by atoms with E-state index in [0.29, 0.717) is 12.8 Å². The number of aliphatic hydroxyl groups excluding tert-OH is 3. The van der Waals surface area contributed by atoms with Gasteiger partial charge in [0.2, 0.25) is 0 Å². The number of hydrogen-bond acceptors (Lipinski definition) is 10. The van der Waals surface area contributed by atoms with Crippen LogP contribution in [0.15, 0.2) is 36.5 Å². The first kappa shape index (κ1) is 47.5. The second-order valence-electron chi connectivity index (χ2n) is 13.8. The quantitative estimate of drug-likeness (QED) is 0.0304. The van der Waals surface area contributed by atoms with Gasteiger partial charge >= 0.3 is 17.9 Å². The van der Waals surface area contributed by atoms with E-state index < -0.39 is 61.3 Å². The summed E-state index contributed by atoms with van der Waals surface area (Å²) >= 11 is 0. The van der Waals surface area contributed by atoms with E-state index in [9.17, 15) is 34.8 Å². The van der Waals surface area contributed by atoms with Crippen molar-refractivity contribution in [3.63, 3.8) is 0 Å². The Morgan fingerprint density at radius 2 is 1.10 bits per heavy atom. The first-order valence-corrected chi connectivity index (χ1v) is 20.0. The van der Waals surface area contributed by atoms with Crippen LogP contribution in [-0.2, 0) is 33.3 Å². The second-order valence-corrected chi connectivity index (χ2v) is 13.8. The van der Waals surface area contributed by atoms with Crippen LogP contribution in [0.25, 0.3) is 0 Å². The molecule has 0 amide bonds. The van der Waals surface area contributed by atoms with Crippen LogP contribution >= 0.6 is 0 Å². The molecule has 11 heteroatoms. The number of allylic oxidation sites excluding steroid dienone is 6. The molecule has 6 unspecified atom stereocenters. The molecule has 1 aliphatic heterocycles. The van der Waals surface area contributed by atoms with Gasteiger partial charge in [-0.2, -0.15) is 0 Å². The van der Waals surface area contributed by atoms with Crippen molar-refractivity contribution in [2.24, 2.45) is 0 Å². The minimum atomic E-state index is -1.86. The Balaban J connectivity index is 2.45. The summed E-state index contributed by atoms with van der Waals surface area (Å²) in [6.07, 6.45) is 24.9. The molecule has 0 aromatic heterocycles. The summed E-state index contributed by atoms with van der Waals surface area (Å²) < 4.78 is 21.6. The van der Waals surface area contributed by atoms with E-state index in [4.69, 9.17) is 18.9 Å². The number of esters is 2. The average molecular weight is 739 g/mol. The van der Waals surface area contributed by atoms with Crippen molar-refractivity contribution in [2.45, 2.75) is 192 Å². The van der Waals surface area contributed by atoms with Gasteiger partial charge in [-0.25, -0.2) is 4.79 Å². The molecule has 0 spiro atoms. The van der Waals surface area contributed by atoms with E-state index >= 15 is 0 Å². The fraction of sp³-hybridized carbons (Fsp3) is 0.780. The maximum Gasteiger partial charge on any atom is 0.335 e. The number of carboxylic acid groups (broad SMARTS) is 1. The van der Waals surface area contributed by atoms with Crippen LogP contribution in [0, 0.1) is 0 Å². The summed E-state index contributed by atoms with van der Waals surface area (Å²) in [4.78, 5) is 36.6. The topological polar surface area (TPSA) is 169 Å². The number of carbonyl (C=O) groups excluding carboxylic acids is 2. The van der Waals surface area contributed by atoms with E-state index in [1.807, 2.05) is 0 Å². The fourth-order valence-electron chi connectivity index (χ4n) is 5.71. The normalized spacial score (nSPS) is 21.3. The second kappa shape index (κ2) is 31.9. The monoisotopic (exact) mass is 738 g/mol. The molecule has 0 aliphatic carbocycles. The summed E-state index contributed by atoms with van der Waals surface area (Å²) in [6, 6.07) is 0. The molecular formula is C41H70O11. The molecule has 1 rings (SSSR count). The third-order valence-corrected chi connectivity index (χ3v) is 8.96. The van der Waals surface area contributed by atoms with E-state index in [0.717, 1.165) is 83.5 Å². The molecule has 0 saturated carbocycles. The van der Waals surface area contributed by atoms with Crippen LogP contribution < -0.4 is 0 Å². The Hall–Kier alpha value is -2.57. The number of unbranched alkanes of at least 4 members (excludes halogenated alkanes) is 15. The number of aliphatic carboxylic acids is 1. The molecule has 1 saturated heterocycles. The van der Waals surface area contributed by atoms with Crippen LogP contribution in [0.2, 0.25) is 0 Å². The molecule has 1 aliphatic rings. The number of carboxylic acids is 1. The van der Waals surface area contributed by atoms with Crippen molar-refractivity contribution in [1.29, 1.82) is 0 Å². The van der Waals surface area contributed by atoms with Crippen molar-refractivity contribution in [1.82, 2.24) is 0 Å². The van der Waals surface area contributed by atoms with Gasteiger partial charge in [0.1, 0.15) is 24.9 Å². The number of rotatable bonds is 32. The molecule has 52 heavy (non-hydrogen) atoms. The van der Waals surface area contributed by atoms with Gasteiger partial charge in [0, 0.05) is 12.8 Å². The zero-order valence-corrected chi connectivity index (χ0v) is 32.0. The molecule has 0 bridgehead atoms. The number of carbonyl (C=O) groups is 3. The zero-order chi connectivity index (χ0) is 38.2. The van der Waals surface area contributed by atoms with E-state index in [1.54, 1.807) is 0 Å². The highest BCUT2D eigenvalue weighted by Gasteiger charge is 2.47. The van der Waals surface area contributed by atoms with Gasteiger partial charge in [0.25, 0.3) is 0 Å². The van der Waals surface area contributed by atoms with Crippen molar-refractivity contribution < 1.29 is 53.8 Å². The SMILES string of the molecule is CCCC/C=C\C/C=C\CCCCCCCC(=O)OCC(COC1OC(C(=O)O)C(O)C(O)C1O)OC(=O)CCCCCCC/C=C\CCCCC. The first-order chi connectivity index (χ1) is 25.2. The number of ether oxygens (including phenoxy) is 4. The Morgan fingerprint density at radius 3 is 1.67 bits per heavy atom.